The Balaban J connectivity index is 2.40. The highest BCUT2D eigenvalue weighted by atomic mass is 127. The van der Waals surface area contributed by atoms with Crippen molar-refractivity contribution in [3.63, 3.8) is 0 Å². The predicted octanol–water partition coefficient (Wildman–Crippen LogP) is 1.99. The summed E-state index contributed by atoms with van der Waals surface area (Å²) in [5.41, 5.74) is 0.524. The standard InChI is InChI=1S/C12H9I3N2O3/c1-5-11(19)16-9(18)4-17(5)12(20)7-2-6(13)3-8(14)10(7)15/h2-3,5H,4H2,1H3,(H,16,18,19). The molecule has 1 fully saturated rings. The van der Waals surface area contributed by atoms with Crippen LogP contribution in [0.15, 0.2) is 12.1 Å². The van der Waals surface area contributed by atoms with Crippen LogP contribution in [0.2, 0.25) is 0 Å². The number of nitrogens with zero attached hydrogens (tertiary/aromatic N) is 1. The van der Waals surface area contributed by atoms with Gasteiger partial charge in [0.15, 0.2) is 0 Å². The van der Waals surface area contributed by atoms with Crippen LogP contribution in [-0.2, 0) is 9.59 Å². The molecular weight excluding hydrogens is 601 g/mol. The van der Waals surface area contributed by atoms with Crippen molar-refractivity contribution in [3.05, 3.63) is 28.4 Å². The lowest BCUT2D eigenvalue weighted by molar-refractivity contribution is -0.138. The van der Waals surface area contributed by atoms with E-state index in [1.54, 1.807) is 13.0 Å². The third-order valence-electron chi connectivity index (χ3n) is 2.91. The van der Waals surface area contributed by atoms with Gasteiger partial charge >= 0.3 is 0 Å². The SMILES string of the molecule is CC1C(=O)NC(=O)CN1C(=O)c1cc(I)cc(I)c1I. The Bertz CT molecular complexity index is 618. The molecule has 1 aliphatic heterocycles. The van der Waals surface area contributed by atoms with Gasteiger partial charge in [-0.25, -0.2) is 0 Å². The number of carbonyl (C=O) groups is 3. The molecule has 0 aromatic heterocycles. The summed E-state index contributed by atoms with van der Waals surface area (Å²) in [5, 5.41) is 2.23. The first-order valence-corrected chi connectivity index (χ1v) is 8.84. The van der Waals surface area contributed by atoms with Gasteiger partial charge in [-0.1, -0.05) is 0 Å². The van der Waals surface area contributed by atoms with Crippen LogP contribution < -0.4 is 5.32 Å². The van der Waals surface area contributed by atoms with Crippen LogP contribution in [0.25, 0.3) is 0 Å². The molecule has 1 unspecified atom stereocenters. The van der Waals surface area contributed by atoms with Crippen LogP contribution in [-0.4, -0.2) is 35.2 Å². The van der Waals surface area contributed by atoms with Crippen molar-refractivity contribution in [2.75, 3.05) is 6.54 Å². The minimum Gasteiger partial charge on any atom is -0.318 e. The minimum absolute atomic E-state index is 0.0934. The zero-order valence-electron chi connectivity index (χ0n) is 10.2. The fourth-order valence-corrected chi connectivity index (χ4v) is 4.22. The molecule has 3 amide bonds. The molecule has 20 heavy (non-hydrogen) atoms. The van der Waals surface area contributed by atoms with Crippen LogP contribution in [0.5, 0.6) is 0 Å². The summed E-state index contributed by atoms with van der Waals surface area (Å²) in [5.74, 6) is -1.18. The Kier molecular flexibility index (Phi) is 5.26. The molecule has 1 N–H and O–H groups in total. The summed E-state index contributed by atoms with van der Waals surface area (Å²) in [7, 11) is 0. The number of carbonyl (C=O) groups excluding carboxylic acids is 3. The molecule has 1 aliphatic rings. The van der Waals surface area contributed by atoms with Crippen molar-refractivity contribution < 1.29 is 14.4 Å². The van der Waals surface area contributed by atoms with Crippen molar-refractivity contribution in [2.24, 2.45) is 0 Å². The summed E-state index contributed by atoms with van der Waals surface area (Å²) < 4.78 is 2.74. The number of benzene rings is 1. The molecule has 8 heteroatoms. The van der Waals surface area contributed by atoms with Gasteiger partial charge in [0.2, 0.25) is 11.8 Å². The highest BCUT2D eigenvalue weighted by Gasteiger charge is 2.34. The number of hydrogen-bond donors (Lipinski definition) is 1. The zero-order chi connectivity index (χ0) is 15.0. The number of imide groups is 1. The van der Waals surface area contributed by atoms with Gasteiger partial charge in [0.25, 0.3) is 5.91 Å². The van der Waals surface area contributed by atoms with Gasteiger partial charge in [-0.15, -0.1) is 0 Å². The number of amides is 3. The van der Waals surface area contributed by atoms with E-state index in [1.807, 2.05) is 6.07 Å². The van der Waals surface area contributed by atoms with Gasteiger partial charge in [0.1, 0.15) is 12.6 Å². The lowest BCUT2D eigenvalue weighted by atomic mass is 10.1. The molecule has 0 saturated carbocycles. The maximum atomic E-state index is 12.6. The first-order chi connectivity index (χ1) is 9.31. The largest absolute Gasteiger partial charge is 0.318 e. The Morgan fingerprint density at radius 3 is 2.60 bits per heavy atom. The number of nitrogens with one attached hydrogen (secondary N) is 1. The summed E-state index contributed by atoms with van der Waals surface area (Å²) >= 11 is 6.41. The highest BCUT2D eigenvalue weighted by Crippen LogP contribution is 2.25. The second-order valence-electron chi connectivity index (χ2n) is 4.27. The van der Waals surface area contributed by atoms with Gasteiger partial charge < -0.3 is 4.90 Å². The molecule has 2 rings (SSSR count). The molecule has 5 nitrogen and oxygen atoms in total. The number of halogens is 3. The lowest BCUT2D eigenvalue weighted by Crippen LogP contribution is -2.58. The van der Waals surface area contributed by atoms with Gasteiger partial charge in [-0.2, -0.15) is 0 Å². The van der Waals surface area contributed by atoms with Crippen molar-refractivity contribution in [1.29, 1.82) is 0 Å². The predicted molar refractivity (Wildman–Crippen MR) is 98.2 cm³/mol. The Morgan fingerprint density at radius 1 is 1.30 bits per heavy atom. The van der Waals surface area contributed by atoms with Gasteiger partial charge in [0.05, 0.1) is 5.56 Å². The van der Waals surface area contributed by atoms with E-state index in [0.717, 1.165) is 10.7 Å². The minimum atomic E-state index is -0.647. The fraction of sp³-hybridized carbons (Fsp3) is 0.250. The number of hydrogen-bond acceptors (Lipinski definition) is 3. The molecular formula is C12H9I3N2O3. The van der Waals surface area contributed by atoms with Gasteiger partial charge in [0, 0.05) is 10.7 Å². The average molecular weight is 610 g/mol. The summed E-state index contributed by atoms with van der Waals surface area (Å²) in [6.45, 7) is 1.52. The first-order valence-electron chi connectivity index (χ1n) is 5.60. The second kappa shape index (κ2) is 6.42. The van der Waals surface area contributed by atoms with Crippen LogP contribution in [0.1, 0.15) is 17.3 Å². The third kappa shape index (κ3) is 3.26. The second-order valence-corrected chi connectivity index (χ2v) is 7.76. The lowest BCUT2D eigenvalue weighted by Gasteiger charge is -2.32. The quantitative estimate of drug-likeness (QED) is 0.301. The topological polar surface area (TPSA) is 66.5 Å². The van der Waals surface area contributed by atoms with E-state index >= 15 is 0 Å². The maximum Gasteiger partial charge on any atom is 0.256 e. The van der Waals surface area contributed by atoms with E-state index in [9.17, 15) is 14.4 Å². The van der Waals surface area contributed by atoms with Crippen LogP contribution in [0.3, 0.4) is 0 Å². The van der Waals surface area contributed by atoms with Crippen LogP contribution in [0.4, 0.5) is 0 Å². The number of rotatable bonds is 1. The molecule has 1 aromatic rings. The molecule has 1 aromatic carbocycles. The molecule has 0 bridgehead atoms. The monoisotopic (exact) mass is 610 g/mol. The van der Waals surface area contributed by atoms with E-state index in [4.69, 9.17) is 0 Å². The molecule has 0 spiro atoms. The molecule has 1 atom stereocenters. The first kappa shape index (κ1) is 16.4. The summed E-state index contributed by atoms with van der Waals surface area (Å²) in [6.07, 6.45) is 0. The molecule has 1 heterocycles. The van der Waals surface area contributed by atoms with Crippen molar-refractivity contribution >= 4 is 85.5 Å². The van der Waals surface area contributed by atoms with E-state index in [1.165, 1.54) is 4.90 Å². The zero-order valence-corrected chi connectivity index (χ0v) is 16.7. The van der Waals surface area contributed by atoms with Crippen LogP contribution >= 0.6 is 67.8 Å². The average Bonchev–Trinajstić information content (AvgIpc) is 2.37. The Morgan fingerprint density at radius 2 is 1.95 bits per heavy atom. The molecule has 106 valence electrons. The smallest absolute Gasteiger partial charge is 0.256 e. The number of piperazine rings is 1. The normalized spacial score (nSPS) is 19.0. The van der Waals surface area contributed by atoms with E-state index in [0.29, 0.717) is 5.56 Å². The Labute approximate surface area is 156 Å². The fourth-order valence-electron chi connectivity index (χ4n) is 1.83. The van der Waals surface area contributed by atoms with Gasteiger partial charge in [-0.05, 0) is 86.8 Å². The van der Waals surface area contributed by atoms with E-state index in [-0.39, 0.29) is 12.5 Å². The van der Waals surface area contributed by atoms with Crippen molar-refractivity contribution in [2.45, 2.75) is 13.0 Å². The van der Waals surface area contributed by atoms with Crippen molar-refractivity contribution in [3.8, 4) is 0 Å². The van der Waals surface area contributed by atoms with Crippen molar-refractivity contribution in [1.82, 2.24) is 10.2 Å². The molecule has 1 saturated heterocycles. The van der Waals surface area contributed by atoms with E-state index < -0.39 is 17.9 Å². The Hall–Kier alpha value is 0.0200. The van der Waals surface area contributed by atoms with Crippen LogP contribution in [0, 0.1) is 10.7 Å². The molecule has 0 radical (unpaired) electrons. The summed E-state index contributed by atoms with van der Waals surface area (Å²) in [4.78, 5) is 37.0. The third-order valence-corrected chi connectivity index (χ3v) is 6.58. The van der Waals surface area contributed by atoms with Gasteiger partial charge in [-0.3, -0.25) is 19.7 Å². The maximum absolute atomic E-state index is 12.6. The summed E-state index contributed by atoms with van der Waals surface area (Å²) in [6, 6.07) is 3.10. The highest BCUT2D eigenvalue weighted by molar-refractivity contribution is 14.1. The van der Waals surface area contributed by atoms with E-state index in [2.05, 4.69) is 73.1 Å². The molecule has 0 aliphatic carbocycles.